The van der Waals surface area contributed by atoms with Crippen molar-refractivity contribution in [2.75, 3.05) is 13.2 Å². The molecule has 0 aromatic carbocycles. The number of carbonyl (C=O) groups is 7. The highest BCUT2D eigenvalue weighted by molar-refractivity contribution is 6.47. The molecule has 2 saturated carbocycles. The fourth-order valence-electron chi connectivity index (χ4n) is 11.5. The first-order valence-corrected chi connectivity index (χ1v) is 31.7. The van der Waals surface area contributed by atoms with E-state index in [4.69, 9.17) is 28.4 Å². The Kier molecular flexibility index (Phi) is 23.7. The summed E-state index contributed by atoms with van der Waals surface area (Å²) < 4.78 is 32.5. The first-order valence-electron chi connectivity index (χ1n) is 29.6. The van der Waals surface area contributed by atoms with Gasteiger partial charge in [-0.05, 0) is 170 Å². The molecule has 4 spiro atoms. The lowest BCUT2D eigenvalue weighted by Gasteiger charge is -2.37. The van der Waals surface area contributed by atoms with Gasteiger partial charge in [0.1, 0.15) is 23.0 Å². The second-order valence-electron chi connectivity index (χ2n) is 24.0. The van der Waals surface area contributed by atoms with E-state index in [0.29, 0.717) is 54.9 Å². The van der Waals surface area contributed by atoms with Crippen molar-refractivity contribution in [3.63, 3.8) is 0 Å². The predicted octanol–water partition coefficient (Wildman–Crippen LogP) is 13.5. The minimum atomic E-state index is -1.04. The van der Waals surface area contributed by atoms with E-state index in [1.807, 2.05) is 39.8 Å². The zero-order chi connectivity index (χ0) is 61.3. The maximum Gasteiger partial charge on any atom is 0.274 e. The van der Waals surface area contributed by atoms with Crippen molar-refractivity contribution < 1.29 is 62.0 Å². The van der Waals surface area contributed by atoms with E-state index in [1.165, 1.54) is 18.6 Å². The van der Waals surface area contributed by atoms with E-state index in [9.17, 15) is 33.6 Å². The van der Waals surface area contributed by atoms with Crippen LogP contribution in [0.5, 0.6) is 0 Å². The Hall–Kier alpha value is -6.61. The Morgan fingerprint density at radius 3 is 1.13 bits per heavy atom. The molecule has 0 amide bonds. The Balaban J connectivity index is 0.000000178. The largest absolute Gasteiger partial charge is 0.480 e. The monoisotopic (exact) mass is 1150 g/mol. The first kappa shape index (κ1) is 67.2. The number of hydrogen-bond acceptors (Lipinski definition) is 13. The molecule has 6 heterocycles. The quantitative estimate of drug-likeness (QED) is 0.244. The lowest BCUT2D eigenvalue weighted by atomic mass is 9.74. The first-order chi connectivity index (χ1) is 39.2. The van der Waals surface area contributed by atoms with Gasteiger partial charge >= 0.3 is 0 Å². The molecule has 0 bridgehead atoms. The van der Waals surface area contributed by atoms with Crippen molar-refractivity contribution in [1.82, 2.24) is 0 Å². The van der Waals surface area contributed by atoms with Crippen LogP contribution in [-0.2, 0) is 62.0 Å². The van der Waals surface area contributed by atoms with Crippen molar-refractivity contribution in [2.45, 2.75) is 191 Å². The second-order valence-corrected chi connectivity index (χ2v) is 26.0. The smallest absolute Gasteiger partial charge is 0.274 e. The Bertz CT molecular complexity index is 2630. The van der Waals surface area contributed by atoms with Gasteiger partial charge < -0.3 is 28.4 Å². The van der Waals surface area contributed by atoms with Crippen LogP contribution >= 0.6 is 0 Å². The molecule has 2 saturated heterocycles. The molecular formula is C69H90O13Si. The molecule has 14 heteroatoms. The summed E-state index contributed by atoms with van der Waals surface area (Å²) in [6.07, 6.45) is 40.6. The maximum atomic E-state index is 11.7. The minimum Gasteiger partial charge on any atom is -0.480 e. The zero-order valence-electron chi connectivity index (χ0n) is 50.4. The zero-order valence-corrected chi connectivity index (χ0v) is 51.8. The van der Waals surface area contributed by atoms with Gasteiger partial charge in [-0.25, -0.2) is 0 Å². The molecule has 83 heavy (non-hydrogen) atoms. The summed E-state index contributed by atoms with van der Waals surface area (Å²) in [7, 11) is -0.280. The van der Waals surface area contributed by atoms with Gasteiger partial charge in [0.15, 0.2) is 40.1 Å². The number of rotatable bonds is 3. The van der Waals surface area contributed by atoms with Crippen LogP contribution in [0.1, 0.15) is 157 Å². The summed E-state index contributed by atoms with van der Waals surface area (Å²) in [6, 6.07) is 0. The fraction of sp³-hybridized carbons (Fsp3) is 0.493. The van der Waals surface area contributed by atoms with Crippen molar-refractivity contribution >= 4 is 50.0 Å². The van der Waals surface area contributed by atoms with Crippen molar-refractivity contribution in [1.29, 1.82) is 0 Å². The summed E-state index contributed by atoms with van der Waals surface area (Å²) in [5.74, 6) is 1.02. The highest BCUT2D eigenvalue weighted by atomic mass is 28.2. The lowest BCUT2D eigenvalue weighted by molar-refractivity contribution is -0.224. The fourth-order valence-corrected chi connectivity index (χ4v) is 13.0. The minimum absolute atomic E-state index is 0.00579. The number of carbonyl (C=O) groups excluding carboxylic acids is 7. The second kappa shape index (κ2) is 29.3. The van der Waals surface area contributed by atoms with Crippen LogP contribution in [0, 0.1) is 10.8 Å². The van der Waals surface area contributed by atoms with E-state index in [-0.39, 0.29) is 60.1 Å². The molecule has 13 nitrogen and oxygen atoms in total. The van der Waals surface area contributed by atoms with Gasteiger partial charge in [-0.1, -0.05) is 129 Å². The van der Waals surface area contributed by atoms with Crippen LogP contribution in [0.3, 0.4) is 0 Å². The average Bonchev–Trinajstić information content (AvgIpc) is 4.38. The molecule has 11 aliphatic rings. The topological polar surface area (TPSA) is 175 Å². The number of allylic oxidation sites excluding steroid dienone is 13. The van der Waals surface area contributed by atoms with Gasteiger partial charge in [0.25, 0.3) is 11.6 Å². The van der Waals surface area contributed by atoms with Crippen LogP contribution in [0.15, 0.2) is 171 Å². The third-order valence-electron chi connectivity index (χ3n) is 17.1. The molecule has 0 aromatic heterocycles. The highest BCUT2D eigenvalue weighted by Gasteiger charge is 2.47. The molecule has 0 aromatic rings. The lowest BCUT2D eigenvalue weighted by Crippen LogP contribution is -2.47. The molecule has 5 aliphatic carbocycles. The van der Waals surface area contributed by atoms with E-state index in [2.05, 4.69) is 59.5 Å². The van der Waals surface area contributed by atoms with Crippen LogP contribution in [-0.4, -0.2) is 86.0 Å². The maximum absolute atomic E-state index is 11.7. The van der Waals surface area contributed by atoms with Gasteiger partial charge in [-0.2, -0.15) is 0 Å². The molecule has 4 unspecified atom stereocenters. The summed E-state index contributed by atoms with van der Waals surface area (Å²) >= 11 is 0. The summed E-state index contributed by atoms with van der Waals surface area (Å²) in [4.78, 5) is 80.2. The van der Waals surface area contributed by atoms with Crippen LogP contribution in [0.4, 0.5) is 0 Å². The van der Waals surface area contributed by atoms with E-state index in [0.717, 1.165) is 119 Å². The van der Waals surface area contributed by atoms with Crippen LogP contribution in [0.2, 0.25) is 11.6 Å². The van der Waals surface area contributed by atoms with Gasteiger partial charge in [-0.15, -0.1) is 0 Å². The summed E-state index contributed by atoms with van der Waals surface area (Å²) in [6.45, 7) is 39.8. The van der Waals surface area contributed by atoms with E-state index >= 15 is 0 Å². The van der Waals surface area contributed by atoms with Crippen molar-refractivity contribution in [2.24, 2.45) is 10.8 Å². The Morgan fingerprint density at radius 1 is 0.386 bits per heavy atom. The number of ketones is 7. The van der Waals surface area contributed by atoms with Gasteiger partial charge in [0, 0.05) is 38.2 Å². The predicted molar refractivity (Wildman–Crippen MR) is 328 cm³/mol. The standard InChI is InChI=1S/C11H14O2.C10H12O3.C10H12O2.C10H16OSi.C10H14O.C9H10O3.C9H12O/c1-9-5-6-10(12)11(13-9)7-3-2-4-8-11;1-8-4-5-9(11)10(13-8)6-2-3-7-12-10;1-8-4-5-9(11)10(12-8)6-2-3-7-10;1-4-10(12-3)7-8(2)5-6-9(10)11;1-4-10(3)7-8(2)5-6-9(10)11;1-7-3-4-8(10)9(12-7)5-2-6-11-9;1-7-4-5-8(10)9(2,3)6-7/h5-6H,1-4,7-8H2;4-5H,1-3,6-7H2;4-5H,1-3,6-7H2;5-6H,2,4,7,12H2,1,3H3;5-6H,2,4,7H2,1,3H3;3-4H,1-2,5-6H2;4-5H,1,6H2,2-3H3. The summed E-state index contributed by atoms with van der Waals surface area (Å²) in [5, 5.41) is 0.00579. The van der Waals surface area contributed by atoms with Gasteiger partial charge in [0.05, 0.1) is 13.2 Å². The van der Waals surface area contributed by atoms with E-state index in [1.54, 1.807) is 60.8 Å². The molecule has 0 N–H and O–H groups in total. The molecule has 0 radical (unpaired) electrons. The third kappa shape index (κ3) is 17.5. The molecule has 6 aliphatic heterocycles. The molecule has 4 atom stereocenters. The normalized spacial score (nSPS) is 29.5. The van der Waals surface area contributed by atoms with Crippen LogP contribution in [0.25, 0.3) is 0 Å². The molecule has 448 valence electrons. The van der Waals surface area contributed by atoms with Gasteiger partial charge in [-0.3, -0.25) is 33.6 Å². The van der Waals surface area contributed by atoms with Crippen molar-refractivity contribution in [3.8, 4) is 0 Å². The van der Waals surface area contributed by atoms with Gasteiger partial charge in [0.2, 0.25) is 11.6 Å². The number of ether oxygens (including phenoxy) is 6. The molecule has 4 fully saturated rings. The third-order valence-corrected chi connectivity index (χ3v) is 19.5. The average molecular weight is 1160 g/mol. The van der Waals surface area contributed by atoms with Crippen LogP contribution < -0.4 is 0 Å². The number of hydrogen-bond donors (Lipinski definition) is 0. The molecule has 11 rings (SSSR count). The Labute approximate surface area is 495 Å². The van der Waals surface area contributed by atoms with Crippen molar-refractivity contribution in [3.05, 3.63) is 171 Å². The summed E-state index contributed by atoms with van der Waals surface area (Å²) in [5.41, 5.74) is 1.78. The highest BCUT2D eigenvalue weighted by Crippen LogP contribution is 2.42. The molecular weight excluding hydrogens is 1060 g/mol. The SMILES string of the molecule is C=C1C=CC(=O)C(C)(C)C1.C=C1C=CC(=O)C(C)(CC)C1.C=C1C=CC(=O)C(CC)([SiH2]C)C1.C=C1C=CC(=O)C2(CCCC2)O1.C=C1C=CC(=O)C2(CCCCC2)O1.C=C1C=CC(=O)C2(CCCCO2)O1.C=C1C=CC(=O)C2(CCCO2)O1. The van der Waals surface area contributed by atoms with E-state index < -0.39 is 22.8 Å². The Morgan fingerprint density at radius 2 is 0.759 bits per heavy atom.